The molecule has 1 atom stereocenters. The molecule has 2 heterocycles. The van der Waals surface area contributed by atoms with Crippen molar-refractivity contribution in [2.75, 3.05) is 31.3 Å². The summed E-state index contributed by atoms with van der Waals surface area (Å²) < 4.78 is 16.7. The molecule has 158 valence electrons. The van der Waals surface area contributed by atoms with Crippen LogP contribution >= 0.6 is 0 Å². The van der Waals surface area contributed by atoms with Crippen molar-refractivity contribution in [3.05, 3.63) is 48.0 Å². The lowest BCUT2D eigenvalue weighted by molar-refractivity contribution is -0.123. The van der Waals surface area contributed by atoms with Gasteiger partial charge in [-0.3, -0.25) is 9.59 Å². The number of carbonyl (C=O) groups excluding carboxylic acids is 2. The van der Waals surface area contributed by atoms with E-state index in [0.717, 1.165) is 5.69 Å². The number of ether oxygens (including phenoxy) is 3. The third-order valence-electron chi connectivity index (χ3n) is 5.24. The number of carbonyl (C=O) groups is 2. The highest BCUT2D eigenvalue weighted by molar-refractivity contribution is 5.97. The van der Waals surface area contributed by atoms with Gasteiger partial charge in [-0.25, -0.2) is 0 Å². The van der Waals surface area contributed by atoms with Crippen LogP contribution in [-0.4, -0.2) is 44.2 Å². The van der Waals surface area contributed by atoms with Crippen LogP contribution in [0.25, 0.3) is 0 Å². The van der Waals surface area contributed by atoms with Crippen molar-refractivity contribution < 1.29 is 23.8 Å². The molecule has 2 aromatic carbocycles. The van der Waals surface area contributed by atoms with E-state index in [1.54, 1.807) is 17.0 Å². The van der Waals surface area contributed by atoms with Gasteiger partial charge >= 0.3 is 0 Å². The zero-order chi connectivity index (χ0) is 21.1. The van der Waals surface area contributed by atoms with E-state index in [9.17, 15) is 9.59 Å². The Bertz CT molecular complexity index is 926. The van der Waals surface area contributed by atoms with Crippen LogP contribution in [0.4, 0.5) is 5.69 Å². The number of nitrogens with one attached hydrogen (secondary N) is 1. The van der Waals surface area contributed by atoms with Crippen LogP contribution in [0.1, 0.15) is 31.7 Å². The molecule has 0 radical (unpaired) electrons. The summed E-state index contributed by atoms with van der Waals surface area (Å²) in [7, 11) is 0. The van der Waals surface area contributed by atoms with Gasteiger partial charge in [-0.05, 0) is 35.7 Å². The van der Waals surface area contributed by atoms with Gasteiger partial charge in [-0.2, -0.15) is 0 Å². The van der Waals surface area contributed by atoms with Crippen LogP contribution in [0, 0.1) is 0 Å². The first-order valence-electron chi connectivity index (χ1n) is 10.2. The Hall–Kier alpha value is -3.22. The Morgan fingerprint density at radius 2 is 1.87 bits per heavy atom. The van der Waals surface area contributed by atoms with E-state index in [4.69, 9.17) is 14.2 Å². The molecule has 2 amide bonds. The van der Waals surface area contributed by atoms with E-state index in [0.29, 0.717) is 42.9 Å². The fraction of sp³-hybridized carbons (Fsp3) is 0.391. The minimum atomic E-state index is -0.259. The normalized spacial score (nSPS) is 17.9. The molecule has 0 unspecified atom stereocenters. The molecule has 0 spiro atoms. The van der Waals surface area contributed by atoms with E-state index < -0.39 is 0 Å². The SMILES string of the molecule is CC(C)c1ccc(OCC(=O)N[C@H]2CC(=O)N(c3ccc4c(c3)OCCO4)C2)cc1. The predicted octanol–water partition coefficient (Wildman–Crippen LogP) is 2.88. The number of benzene rings is 2. The summed E-state index contributed by atoms with van der Waals surface area (Å²) in [5, 5.41) is 2.89. The maximum Gasteiger partial charge on any atom is 0.258 e. The van der Waals surface area contributed by atoms with Crippen LogP contribution in [0.5, 0.6) is 17.2 Å². The first kappa shape index (κ1) is 20.1. The first-order chi connectivity index (χ1) is 14.5. The molecule has 2 aliphatic heterocycles. The second kappa shape index (κ2) is 8.65. The second-order valence-corrected chi connectivity index (χ2v) is 7.81. The number of fused-ring (bicyclic) bond motifs is 1. The summed E-state index contributed by atoms with van der Waals surface area (Å²) in [5.41, 5.74) is 1.96. The van der Waals surface area contributed by atoms with Crippen LogP contribution < -0.4 is 24.4 Å². The highest BCUT2D eigenvalue weighted by Gasteiger charge is 2.32. The summed E-state index contributed by atoms with van der Waals surface area (Å²) in [6, 6.07) is 12.9. The van der Waals surface area contributed by atoms with E-state index >= 15 is 0 Å². The summed E-state index contributed by atoms with van der Waals surface area (Å²) in [5.74, 6) is 2.12. The first-order valence-corrected chi connectivity index (χ1v) is 10.2. The molecule has 30 heavy (non-hydrogen) atoms. The fourth-order valence-electron chi connectivity index (χ4n) is 3.62. The molecule has 0 saturated carbocycles. The third kappa shape index (κ3) is 4.50. The number of nitrogens with zero attached hydrogens (tertiary/aromatic N) is 1. The molecule has 2 aromatic rings. The molecule has 0 aromatic heterocycles. The number of rotatable bonds is 6. The zero-order valence-electron chi connectivity index (χ0n) is 17.2. The Balaban J connectivity index is 1.30. The summed E-state index contributed by atoms with van der Waals surface area (Å²) in [4.78, 5) is 26.4. The molecule has 2 aliphatic rings. The molecule has 1 saturated heterocycles. The van der Waals surface area contributed by atoms with E-state index in [-0.39, 0.29) is 30.9 Å². The smallest absolute Gasteiger partial charge is 0.258 e. The van der Waals surface area contributed by atoms with Gasteiger partial charge in [0, 0.05) is 24.7 Å². The van der Waals surface area contributed by atoms with E-state index in [2.05, 4.69) is 19.2 Å². The average molecular weight is 410 g/mol. The molecule has 7 heteroatoms. The predicted molar refractivity (Wildman–Crippen MR) is 112 cm³/mol. The molecule has 4 rings (SSSR count). The highest BCUT2D eigenvalue weighted by Crippen LogP contribution is 2.35. The van der Waals surface area contributed by atoms with Gasteiger partial charge in [-0.15, -0.1) is 0 Å². The monoisotopic (exact) mass is 410 g/mol. The van der Waals surface area contributed by atoms with Crippen LogP contribution in [0.15, 0.2) is 42.5 Å². The standard InChI is InChI=1S/C23H26N2O5/c1-15(2)16-3-6-19(7-4-16)30-14-22(26)24-17-11-23(27)25(13-17)18-5-8-20-21(12-18)29-10-9-28-20/h3-8,12,15,17H,9-11,13-14H2,1-2H3,(H,24,26)/t17-/m0/s1. The lowest BCUT2D eigenvalue weighted by Gasteiger charge is -2.22. The maximum absolute atomic E-state index is 12.5. The largest absolute Gasteiger partial charge is 0.486 e. The van der Waals surface area contributed by atoms with Gasteiger partial charge in [0.05, 0.1) is 6.04 Å². The zero-order valence-corrected chi connectivity index (χ0v) is 17.2. The Morgan fingerprint density at radius 1 is 1.13 bits per heavy atom. The lowest BCUT2D eigenvalue weighted by atomic mass is 10.0. The Kier molecular flexibility index (Phi) is 5.79. The molecule has 7 nitrogen and oxygen atoms in total. The van der Waals surface area contributed by atoms with Crippen molar-refractivity contribution >= 4 is 17.5 Å². The number of hydrogen-bond acceptors (Lipinski definition) is 5. The molecule has 0 aliphatic carbocycles. The number of amides is 2. The van der Waals surface area contributed by atoms with Gasteiger partial charge in [-0.1, -0.05) is 26.0 Å². The molecular formula is C23H26N2O5. The topological polar surface area (TPSA) is 77.1 Å². The summed E-state index contributed by atoms with van der Waals surface area (Å²) >= 11 is 0. The quantitative estimate of drug-likeness (QED) is 0.793. The van der Waals surface area contributed by atoms with Crippen LogP contribution in [-0.2, 0) is 9.59 Å². The average Bonchev–Trinajstić information content (AvgIpc) is 3.12. The Morgan fingerprint density at radius 3 is 2.60 bits per heavy atom. The van der Waals surface area contributed by atoms with Crippen LogP contribution in [0.2, 0.25) is 0 Å². The van der Waals surface area contributed by atoms with E-state index in [1.807, 2.05) is 30.3 Å². The molecular weight excluding hydrogens is 384 g/mol. The van der Waals surface area contributed by atoms with Crippen molar-refractivity contribution in [3.63, 3.8) is 0 Å². The highest BCUT2D eigenvalue weighted by atomic mass is 16.6. The third-order valence-corrected chi connectivity index (χ3v) is 5.24. The summed E-state index contributed by atoms with van der Waals surface area (Å²) in [6.07, 6.45) is 0.253. The van der Waals surface area contributed by atoms with Gasteiger partial charge < -0.3 is 24.4 Å². The lowest BCUT2D eigenvalue weighted by Crippen LogP contribution is -2.39. The van der Waals surface area contributed by atoms with Crippen molar-refractivity contribution in [2.45, 2.75) is 32.2 Å². The maximum atomic E-state index is 12.5. The Labute approximate surface area is 175 Å². The molecule has 1 N–H and O–H groups in total. The van der Waals surface area contributed by atoms with E-state index in [1.165, 1.54) is 5.56 Å². The van der Waals surface area contributed by atoms with Gasteiger partial charge in [0.25, 0.3) is 5.91 Å². The minimum Gasteiger partial charge on any atom is -0.486 e. The van der Waals surface area contributed by atoms with Crippen LogP contribution in [0.3, 0.4) is 0 Å². The molecule has 0 bridgehead atoms. The second-order valence-electron chi connectivity index (χ2n) is 7.81. The summed E-state index contributed by atoms with van der Waals surface area (Å²) in [6.45, 7) is 5.58. The van der Waals surface area contributed by atoms with Gasteiger partial charge in [0.2, 0.25) is 5.91 Å². The minimum absolute atomic E-state index is 0.0397. The van der Waals surface area contributed by atoms with Crippen molar-refractivity contribution in [1.29, 1.82) is 0 Å². The number of anilines is 1. The van der Waals surface area contributed by atoms with Crippen molar-refractivity contribution in [2.24, 2.45) is 0 Å². The van der Waals surface area contributed by atoms with Gasteiger partial charge in [0.15, 0.2) is 18.1 Å². The van der Waals surface area contributed by atoms with Crippen molar-refractivity contribution in [3.8, 4) is 17.2 Å². The van der Waals surface area contributed by atoms with Crippen molar-refractivity contribution in [1.82, 2.24) is 5.32 Å². The fourth-order valence-corrected chi connectivity index (χ4v) is 3.62. The van der Waals surface area contributed by atoms with Gasteiger partial charge in [0.1, 0.15) is 19.0 Å². The molecule has 1 fully saturated rings. The number of hydrogen-bond donors (Lipinski definition) is 1.